The Morgan fingerprint density at radius 3 is 2.83 bits per heavy atom. The van der Waals surface area contributed by atoms with Crippen molar-refractivity contribution in [2.45, 2.75) is 26.0 Å². The maximum atomic E-state index is 13.0. The number of hydrogen-bond acceptors (Lipinski definition) is 7. The van der Waals surface area contributed by atoms with E-state index in [0.717, 1.165) is 16.5 Å². The predicted octanol–water partition coefficient (Wildman–Crippen LogP) is 3.17. The molecular weight excluding hydrogens is 384 g/mol. The lowest BCUT2D eigenvalue weighted by molar-refractivity contribution is -0.139. The molecule has 4 rings (SSSR count). The molecule has 3 aromatic rings. The highest BCUT2D eigenvalue weighted by Crippen LogP contribution is 2.44. The molecule has 1 aliphatic rings. The minimum absolute atomic E-state index is 0.0279. The minimum Gasteiger partial charge on any atom is -0.508 e. The summed E-state index contributed by atoms with van der Waals surface area (Å²) in [6.45, 7) is 3.43. The Morgan fingerprint density at radius 1 is 1.27 bits per heavy atom. The van der Waals surface area contributed by atoms with Gasteiger partial charge >= 0.3 is 5.97 Å². The molecule has 0 fully saturated rings. The third-order valence-corrected chi connectivity index (χ3v) is 4.83. The number of aromatic hydroxyl groups is 1. The fourth-order valence-corrected chi connectivity index (χ4v) is 3.61. The topological polar surface area (TPSA) is 101 Å². The number of carbonyl (C=O) groups excluding carboxylic acids is 1. The molecule has 0 amide bonds. The van der Waals surface area contributed by atoms with Crippen LogP contribution in [0.3, 0.4) is 0 Å². The summed E-state index contributed by atoms with van der Waals surface area (Å²) in [5.74, 6) is -0.631. The SMILES string of the molecule is CCOC(=O)C1=C(NC(C)O)Oc2cc(O)ccc2C1c1cnc2ccccc2c1. The van der Waals surface area contributed by atoms with Crippen molar-refractivity contribution in [3.63, 3.8) is 0 Å². The zero-order chi connectivity index (χ0) is 21.3. The van der Waals surface area contributed by atoms with E-state index in [9.17, 15) is 15.0 Å². The quantitative estimate of drug-likeness (QED) is 0.442. The van der Waals surface area contributed by atoms with Crippen LogP contribution in [-0.2, 0) is 9.53 Å². The Hall–Kier alpha value is -3.58. The van der Waals surface area contributed by atoms with Crippen molar-refractivity contribution in [2.24, 2.45) is 0 Å². The number of aliphatic hydroxyl groups excluding tert-OH is 1. The van der Waals surface area contributed by atoms with Gasteiger partial charge < -0.3 is 25.0 Å². The minimum atomic E-state index is -0.973. The summed E-state index contributed by atoms with van der Waals surface area (Å²) in [5.41, 5.74) is 2.51. The Balaban J connectivity index is 1.95. The number of nitrogens with zero attached hydrogens (tertiary/aromatic N) is 1. The molecule has 2 atom stereocenters. The molecule has 0 aliphatic carbocycles. The maximum absolute atomic E-state index is 13.0. The number of para-hydroxylation sites is 1. The lowest BCUT2D eigenvalue weighted by Crippen LogP contribution is -2.35. The Kier molecular flexibility index (Phi) is 5.29. The highest BCUT2D eigenvalue weighted by Gasteiger charge is 2.37. The maximum Gasteiger partial charge on any atom is 0.340 e. The van der Waals surface area contributed by atoms with Gasteiger partial charge in [0.2, 0.25) is 5.88 Å². The Bertz CT molecular complexity index is 1140. The second kappa shape index (κ2) is 8.04. The molecule has 1 aliphatic heterocycles. The van der Waals surface area contributed by atoms with E-state index in [0.29, 0.717) is 11.3 Å². The van der Waals surface area contributed by atoms with E-state index >= 15 is 0 Å². The number of ether oxygens (including phenoxy) is 2. The number of benzene rings is 2. The number of phenolic OH excluding ortho intramolecular Hbond substituents is 1. The largest absolute Gasteiger partial charge is 0.508 e. The number of phenols is 1. The first-order valence-electron chi connectivity index (χ1n) is 9.69. The zero-order valence-corrected chi connectivity index (χ0v) is 16.6. The van der Waals surface area contributed by atoms with Crippen LogP contribution in [-0.4, -0.2) is 34.0 Å². The van der Waals surface area contributed by atoms with Crippen LogP contribution in [0, 0.1) is 0 Å². The van der Waals surface area contributed by atoms with Crippen LogP contribution in [0.15, 0.2) is 66.2 Å². The van der Waals surface area contributed by atoms with Crippen LogP contribution in [0.2, 0.25) is 0 Å². The molecule has 0 saturated carbocycles. The molecule has 7 nitrogen and oxygen atoms in total. The first kappa shape index (κ1) is 19.7. The first-order valence-corrected chi connectivity index (χ1v) is 9.69. The molecule has 2 unspecified atom stereocenters. The van der Waals surface area contributed by atoms with Gasteiger partial charge in [-0.15, -0.1) is 0 Å². The van der Waals surface area contributed by atoms with Crippen molar-refractivity contribution in [2.75, 3.05) is 6.61 Å². The van der Waals surface area contributed by atoms with Crippen molar-refractivity contribution in [3.8, 4) is 11.5 Å². The van der Waals surface area contributed by atoms with Gasteiger partial charge in [0.05, 0.1) is 18.0 Å². The number of esters is 1. The third-order valence-electron chi connectivity index (χ3n) is 4.83. The lowest BCUT2D eigenvalue weighted by atomic mass is 9.83. The van der Waals surface area contributed by atoms with Crippen molar-refractivity contribution in [1.29, 1.82) is 0 Å². The van der Waals surface area contributed by atoms with Crippen LogP contribution >= 0.6 is 0 Å². The van der Waals surface area contributed by atoms with E-state index in [-0.39, 0.29) is 23.8 Å². The van der Waals surface area contributed by atoms with Crippen LogP contribution in [0.25, 0.3) is 10.9 Å². The molecular formula is C23H22N2O5. The number of aliphatic hydroxyl groups is 1. The van der Waals surface area contributed by atoms with Crippen LogP contribution in [0.5, 0.6) is 11.5 Å². The lowest BCUT2D eigenvalue weighted by Gasteiger charge is -2.30. The fraction of sp³-hybridized carbons (Fsp3) is 0.217. The molecule has 2 aromatic carbocycles. The second-order valence-electron chi connectivity index (χ2n) is 7.00. The van der Waals surface area contributed by atoms with Gasteiger partial charge in [0.1, 0.15) is 23.3 Å². The number of pyridine rings is 1. The van der Waals surface area contributed by atoms with E-state index in [4.69, 9.17) is 9.47 Å². The van der Waals surface area contributed by atoms with Gasteiger partial charge in [0.25, 0.3) is 0 Å². The number of nitrogens with one attached hydrogen (secondary N) is 1. The predicted molar refractivity (Wildman–Crippen MR) is 111 cm³/mol. The number of carbonyl (C=O) groups is 1. The van der Waals surface area contributed by atoms with Gasteiger partial charge in [0.15, 0.2) is 0 Å². The van der Waals surface area contributed by atoms with E-state index in [1.807, 2.05) is 30.3 Å². The monoisotopic (exact) mass is 406 g/mol. The molecule has 0 bridgehead atoms. The Labute approximate surface area is 173 Å². The normalized spacial score (nSPS) is 16.6. The molecule has 0 radical (unpaired) electrons. The average Bonchev–Trinajstić information content (AvgIpc) is 2.72. The van der Waals surface area contributed by atoms with Crippen LogP contribution in [0.4, 0.5) is 0 Å². The number of rotatable bonds is 5. The molecule has 0 saturated heterocycles. The molecule has 30 heavy (non-hydrogen) atoms. The summed E-state index contributed by atoms with van der Waals surface area (Å²) in [6.07, 6.45) is 0.743. The highest BCUT2D eigenvalue weighted by molar-refractivity contribution is 5.93. The summed E-state index contributed by atoms with van der Waals surface area (Å²) < 4.78 is 11.2. The van der Waals surface area contributed by atoms with Crippen molar-refractivity contribution in [1.82, 2.24) is 10.3 Å². The number of fused-ring (bicyclic) bond motifs is 2. The summed E-state index contributed by atoms with van der Waals surface area (Å²) in [7, 11) is 0. The van der Waals surface area contributed by atoms with Gasteiger partial charge in [-0.05, 0) is 37.6 Å². The molecule has 154 valence electrons. The summed E-state index contributed by atoms with van der Waals surface area (Å²) in [6, 6.07) is 14.4. The Morgan fingerprint density at radius 2 is 2.07 bits per heavy atom. The smallest absolute Gasteiger partial charge is 0.340 e. The molecule has 7 heteroatoms. The molecule has 0 spiro atoms. The van der Waals surface area contributed by atoms with Gasteiger partial charge in [-0.2, -0.15) is 0 Å². The summed E-state index contributed by atoms with van der Waals surface area (Å²) in [5, 5.41) is 23.5. The van der Waals surface area contributed by atoms with Gasteiger partial charge in [0, 0.05) is 23.2 Å². The van der Waals surface area contributed by atoms with Gasteiger partial charge in [-0.3, -0.25) is 4.98 Å². The summed E-state index contributed by atoms with van der Waals surface area (Å²) in [4.78, 5) is 17.5. The number of hydrogen-bond donors (Lipinski definition) is 3. The van der Waals surface area contributed by atoms with E-state index in [1.165, 1.54) is 13.0 Å². The summed E-state index contributed by atoms with van der Waals surface area (Å²) >= 11 is 0. The second-order valence-corrected chi connectivity index (χ2v) is 7.00. The highest BCUT2D eigenvalue weighted by atomic mass is 16.5. The standard InChI is InChI=1S/C23H22N2O5/c1-3-29-23(28)21-20(15-10-14-6-4-5-7-18(14)24-12-15)17-9-8-16(27)11-19(17)30-22(21)25-13(2)26/h4-13,20,25-27H,3H2,1-2H3. The van der Waals surface area contributed by atoms with Crippen molar-refractivity contribution < 1.29 is 24.5 Å². The van der Waals surface area contributed by atoms with E-state index in [2.05, 4.69) is 10.3 Å². The number of aromatic nitrogens is 1. The van der Waals surface area contributed by atoms with Gasteiger partial charge in [-0.25, -0.2) is 4.79 Å². The third kappa shape index (κ3) is 3.67. The first-order chi connectivity index (χ1) is 14.5. The van der Waals surface area contributed by atoms with Crippen molar-refractivity contribution >= 4 is 16.9 Å². The van der Waals surface area contributed by atoms with Crippen LogP contribution < -0.4 is 10.1 Å². The van der Waals surface area contributed by atoms with Crippen LogP contribution in [0.1, 0.15) is 30.9 Å². The van der Waals surface area contributed by atoms with Crippen molar-refractivity contribution in [3.05, 3.63) is 77.3 Å². The zero-order valence-electron chi connectivity index (χ0n) is 16.6. The van der Waals surface area contributed by atoms with E-state index < -0.39 is 18.1 Å². The molecule has 1 aromatic heterocycles. The van der Waals surface area contributed by atoms with Gasteiger partial charge in [-0.1, -0.05) is 24.3 Å². The molecule has 3 N–H and O–H groups in total. The molecule has 2 heterocycles. The average molecular weight is 406 g/mol. The van der Waals surface area contributed by atoms with E-state index in [1.54, 1.807) is 25.3 Å². The fourth-order valence-electron chi connectivity index (χ4n) is 3.61.